The number of hydrogen-bond donors (Lipinski definition) is 1. The van der Waals surface area contributed by atoms with Gasteiger partial charge >= 0.3 is 0 Å². The minimum absolute atomic E-state index is 1.07. The summed E-state index contributed by atoms with van der Waals surface area (Å²) < 4.78 is 1.24. The lowest BCUT2D eigenvalue weighted by molar-refractivity contribution is 1.46. The molecule has 2 heterocycles. The predicted octanol–water partition coefficient (Wildman–Crippen LogP) is 4.44. The van der Waals surface area contributed by atoms with E-state index >= 15 is 0 Å². The molecule has 0 radical (unpaired) electrons. The predicted molar refractivity (Wildman–Crippen MR) is 76.9 cm³/mol. The van der Waals surface area contributed by atoms with Crippen LogP contribution in [0.3, 0.4) is 0 Å². The zero-order valence-corrected chi connectivity index (χ0v) is 10.4. The molecule has 0 unspecified atom stereocenters. The Morgan fingerprint density at radius 1 is 1.00 bits per heavy atom. The van der Waals surface area contributed by atoms with E-state index < -0.39 is 0 Å². The lowest BCUT2D eigenvalue weighted by Crippen LogP contribution is -1.77. The second-order valence-corrected chi connectivity index (χ2v) is 5.13. The molecule has 1 N–H and O–H groups in total. The van der Waals surface area contributed by atoms with Crippen LogP contribution >= 0.6 is 11.3 Å². The molecular weight excluding hydrogens is 240 g/mol. The first-order valence-electron chi connectivity index (χ1n) is 5.82. The van der Waals surface area contributed by atoms with Crippen molar-refractivity contribution in [2.45, 2.75) is 0 Å². The first-order chi connectivity index (χ1) is 8.92. The largest absolute Gasteiger partial charge is 0.354 e. The average Bonchev–Trinajstić information content (AvgIpc) is 3.04. The summed E-state index contributed by atoms with van der Waals surface area (Å²) in [7, 11) is 0. The van der Waals surface area contributed by atoms with Crippen molar-refractivity contribution in [3.05, 3.63) is 54.0 Å². The van der Waals surface area contributed by atoms with Gasteiger partial charge in [0, 0.05) is 22.2 Å². The van der Waals surface area contributed by atoms with E-state index in [9.17, 15) is 0 Å². The topological polar surface area (TPSA) is 28.7 Å². The van der Waals surface area contributed by atoms with Gasteiger partial charge in [0.1, 0.15) is 0 Å². The first-order valence-corrected chi connectivity index (χ1v) is 6.70. The number of rotatable bonds is 1. The Hall–Kier alpha value is -2.13. The number of nitrogens with zero attached hydrogens (tertiary/aromatic N) is 1. The van der Waals surface area contributed by atoms with Gasteiger partial charge in [0.2, 0.25) is 0 Å². The van der Waals surface area contributed by atoms with Gasteiger partial charge in [0.25, 0.3) is 0 Å². The molecule has 2 nitrogen and oxygen atoms in total. The molecule has 18 heavy (non-hydrogen) atoms. The van der Waals surface area contributed by atoms with Gasteiger partial charge in [-0.1, -0.05) is 30.3 Å². The standard InChI is InChI=1S/C15H10N2S/c1-2-6-12-10(4-1)8-14(17-12)11-5-3-7-13-15(11)18-9-16-13/h1-9,17H. The van der Waals surface area contributed by atoms with E-state index in [1.165, 1.54) is 21.2 Å². The summed E-state index contributed by atoms with van der Waals surface area (Å²) in [5.41, 5.74) is 6.53. The van der Waals surface area contributed by atoms with Crippen LogP contribution in [0.1, 0.15) is 0 Å². The molecule has 4 aromatic rings. The van der Waals surface area contributed by atoms with Crippen molar-refractivity contribution in [3.63, 3.8) is 0 Å². The molecule has 0 aliphatic heterocycles. The highest BCUT2D eigenvalue weighted by molar-refractivity contribution is 7.17. The number of fused-ring (bicyclic) bond motifs is 2. The Morgan fingerprint density at radius 3 is 2.89 bits per heavy atom. The van der Waals surface area contributed by atoms with Crippen molar-refractivity contribution in [2.75, 3.05) is 0 Å². The highest BCUT2D eigenvalue weighted by Crippen LogP contribution is 2.32. The Bertz CT molecular complexity index is 809. The van der Waals surface area contributed by atoms with Gasteiger partial charge in [-0.15, -0.1) is 11.3 Å². The molecule has 0 atom stereocenters. The summed E-state index contributed by atoms with van der Waals surface area (Å²) in [6, 6.07) is 16.8. The van der Waals surface area contributed by atoms with Crippen LogP contribution in [-0.2, 0) is 0 Å². The smallest absolute Gasteiger partial charge is 0.0818 e. The summed E-state index contributed by atoms with van der Waals surface area (Å²) in [5.74, 6) is 0. The van der Waals surface area contributed by atoms with Crippen LogP contribution in [0.15, 0.2) is 54.0 Å². The molecule has 0 bridgehead atoms. The number of nitrogens with one attached hydrogen (secondary N) is 1. The molecule has 0 aliphatic rings. The molecule has 3 heteroatoms. The first kappa shape index (κ1) is 9.85. The quantitative estimate of drug-likeness (QED) is 0.531. The summed E-state index contributed by atoms with van der Waals surface area (Å²) in [6.07, 6.45) is 0. The zero-order chi connectivity index (χ0) is 11.9. The fraction of sp³-hybridized carbons (Fsp3) is 0. The summed E-state index contributed by atoms with van der Waals surface area (Å²) in [5, 5.41) is 1.24. The summed E-state index contributed by atoms with van der Waals surface area (Å²) in [4.78, 5) is 7.84. The van der Waals surface area contributed by atoms with E-state index in [1.54, 1.807) is 11.3 Å². The number of para-hydroxylation sites is 1. The SMILES string of the molecule is c1ccc2[nH]c(-c3cccc4ncsc34)cc2c1. The molecule has 0 aliphatic carbocycles. The van der Waals surface area contributed by atoms with Gasteiger partial charge in [-0.25, -0.2) is 4.98 Å². The summed E-state index contributed by atoms with van der Waals surface area (Å²) >= 11 is 1.69. The normalized spacial score (nSPS) is 11.3. The Labute approximate surface area is 108 Å². The number of benzene rings is 2. The van der Waals surface area contributed by atoms with Gasteiger partial charge in [-0.2, -0.15) is 0 Å². The van der Waals surface area contributed by atoms with Crippen LogP contribution in [0.25, 0.3) is 32.4 Å². The van der Waals surface area contributed by atoms with Crippen LogP contribution in [0.5, 0.6) is 0 Å². The molecule has 0 fully saturated rings. The van der Waals surface area contributed by atoms with E-state index in [0.717, 1.165) is 11.2 Å². The van der Waals surface area contributed by atoms with E-state index in [4.69, 9.17) is 0 Å². The van der Waals surface area contributed by atoms with Gasteiger partial charge in [-0.05, 0) is 18.2 Å². The van der Waals surface area contributed by atoms with Gasteiger partial charge < -0.3 is 4.98 Å². The number of H-pyrrole nitrogens is 1. The summed E-state index contributed by atoms with van der Waals surface area (Å²) in [6.45, 7) is 0. The Balaban J connectivity index is 2.04. The van der Waals surface area contributed by atoms with Gasteiger partial charge in [0.15, 0.2) is 0 Å². The van der Waals surface area contributed by atoms with Crippen molar-refractivity contribution in [1.29, 1.82) is 0 Å². The maximum absolute atomic E-state index is 4.36. The minimum Gasteiger partial charge on any atom is -0.354 e. The van der Waals surface area contributed by atoms with Gasteiger partial charge in [-0.3, -0.25) is 0 Å². The van der Waals surface area contributed by atoms with Crippen LogP contribution < -0.4 is 0 Å². The van der Waals surface area contributed by atoms with E-state index in [0.29, 0.717) is 0 Å². The highest BCUT2D eigenvalue weighted by atomic mass is 32.1. The average molecular weight is 250 g/mol. The Morgan fingerprint density at radius 2 is 1.94 bits per heavy atom. The minimum atomic E-state index is 1.07. The van der Waals surface area contributed by atoms with E-state index in [2.05, 4.69) is 58.5 Å². The molecule has 4 rings (SSSR count). The number of thiazole rings is 1. The maximum atomic E-state index is 4.36. The molecule has 0 saturated carbocycles. The number of aromatic amines is 1. The van der Waals surface area contributed by atoms with E-state index in [1.807, 2.05) is 5.51 Å². The van der Waals surface area contributed by atoms with Crippen molar-refractivity contribution in [3.8, 4) is 11.3 Å². The molecule has 86 valence electrons. The fourth-order valence-electron chi connectivity index (χ4n) is 2.32. The lowest BCUT2D eigenvalue weighted by Gasteiger charge is -1.98. The third-order valence-electron chi connectivity index (χ3n) is 3.18. The highest BCUT2D eigenvalue weighted by Gasteiger charge is 2.08. The van der Waals surface area contributed by atoms with Gasteiger partial charge in [0.05, 0.1) is 15.7 Å². The zero-order valence-electron chi connectivity index (χ0n) is 9.55. The molecule has 0 amide bonds. The lowest BCUT2D eigenvalue weighted by atomic mass is 10.1. The van der Waals surface area contributed by atoms with Crippen LogP contribution in [0, 0.1) is 0 Å². The molecular formula is C15H10N2S. The van der Waals surface area contributed by atoms with Crippen molar-refractivity contribution in [1.82, 2.24) is 9.97 Å². The second kappa shape index (κ2) is 3.68. The van der Waals surface area contributed by atoms with Crippen LogP contribution in [0.4, 0.5) is 0 Å². The van der Waals surface area contributed by atoms with Crippen molar-refractivity contribution >= 4 is 32.5 Å². The second-order valence-electron chi connectivity index (χ2n) is 4.28. The third kappa shape index (κ3) is 1.38. The van der Waals surface area contributed by atoms with Crippen molar-refractivity contribution in [2.24, 2.45) is 0 Å². The van der Waals surface area contributed by atoms with Crippen LogP contribution in [-0.4, -0.2) is 9.97 Å². The monoisotopic (exact) mass is 250 g/mol. The fourth-order valence-corrected chi connectivity index (χ4v) is 3.13. The number of aromatic nitrogens is 2. The third-order valence-corrected chi connectivity index (χ3v) is 4.05. The number of hydrogen-bond acceptors (Lipinski definition) is 2. The van der Waals surface area contributed by atoms with Crippen molar-refractivity contribution < 1.29 is 0 Å². The molecule has 0 saturated heterocycles. The molecule has 2 aromatic carbocycles. The Kier molecular flexibility index (Phi) is 2.02. The molecule has 2 aromatic heterocycles. The maximum Gasteiger partial charge on any atom is 0.0818 e. The van der Waals surface area contributed by atoms with E-state index in [-0.39, 0.29) is 0 Å². The molecule has 0 spiro atoms. The van der Waals surface area contributed by atoms with Crippen LogP contribution in [0.2, 0.25) is 0 Å².